The van der Waals surface area contributed by atoms with Gasteiger partial charge in [0.15, 0.2) is 0 Å². The van der Waals surface area contributed by atoms with Gasteiger partial charge in [-0.1, -0.05) is 19.1 Å². The molecule has 0 unspecified atom stereocenters. The summed E-state index contributed by atoms with van der Waals surface area (Å²) in [6.07, 6.45) is 1.23. The molecular weight excluding hydrogens is 254 g/mol. The van der Waals surface area contributed by atoms with Gasteiger partial charge in [0.05, 0.1) is 11.0 Å². The number of aryl methyl sites for hydroxylation is 2. The monoisotopic (exact) mass is 275 g/mol. The SMILES string of the molecule is CCCn1c(=O)n(CCC(=O)NCC)c2ccccc21. The molecule has 0 saturated heterocycles. The lowest BCUT2D eigenvalue weighted by Gasteiger charge is -2.03. The van der Waals surface area contributed by atoms with Gasteiger partial charge in [0, 0.05) is 26.1 Å². The summed E-state index contributed by atoms with van der Waals surface area (Å²) in [6.45, 7) is 5.67. The molecule has 20 heavy (non-hydrogen) atoms. The average Bonchev–Trinajstić information content (AvgIpc) is 2.71. The smallest absolute Gasteiger partial charge is 0.329 e. The number of rotatable bonds is 6. The van der Waals surface area contributed by atoms with Gasteiger partial charge in [-0.25, -0.2) is 4.79 Å². The third-order valence-corrected chi connectivity index (χ3v) is 3.31. The van der Waals surface area contributed by atoms with Gasteiger partial charge in [0.25, 0.3) is 0 Å². The van der Waals surface area contributed by atoms with Gasteiger partial charge >= 0.3 is 5.69 Å². The fraction of sp³-hybridized carbons (Fsp3) is 0.467. The summed E-state index contributed by atoms with van der Waals surface area (Å²) in [5.74, 6) is -0.0216. The van der Waals surface area contributed by atoms with Crippen molar-refractivity contribution in [1.82, 2.24) is 14.5 Å². The number of carbonyl (C=O) groups is 1. The van der Waals surface area contributed by atoms with E-state index in [0.717, 1.165) is 17.5 Å². The first-order chi connectivity index (χ1) is 9.69. The molecule has 0 saturated carbocycles. The number of benzene rings is 1. The Bertz CT molecular complexity index is 655. The Labute approximate surface area is 118 Å². The number of amides is 1. The van der Waals surface area contributed by atoms with Crippen LogP contribution in [0, 0.1) is 0 Å². The number of imidazole rings is 1. The Balaban J connectivity index is 2.35. The van der Waals surface area contributed by atoms with E-state index in [1.165, 1.54) is 0 Å². The third-order valence-electron chi connectivity index (χ3n) is 3.31. The molecule has 1 N–H and O–H groups in total. The van der Waals surface area contributed by atoms with E-state index in [1.807, 2.05) is 38.1 Å². The molecule has 5 heteroatoms. The average molecular weight is 275 g/mol. The Morgan fingerprint density at radius 3 is 2.25 bits per heavy atom. The predicted molar refractivity (Wildman–Crippen MR) is 79.8 cm³/mol. The number of nitrogens with one attached hydrogen (secondary N) is 1. The van der Waals surface area contributed by atoms with Crippen LogP contribution >= 0.6 is 0 Å². The number of hydrogen-bond acceptors (Lipinski definition) is 2. The topological polar surface area (TPSA) is 56.0 Å². The lowest BCUT2D eigenvalue weighted by atomic mass is 10.3. The minimum Gasteiger partial charge on any atom is -0.356 e. The second kappa shape index (κ2) is 6.41. The normalized spacial score (nSPS) is 10.9. The molecule has 0 bridgehead atoms. The van der Waals surface area contributed by atoms with Gasteiger partial charge in [0.1, 0.15) is 0 Å². The van der Waals surface area contributed by atoms with Crippen molar-refractivity contribution in [3.63, 3.8) is 0 Å². The molecule has 0 fully saturated rings. The van der Waals surface area contributed by atoms with Crippen LogP contribution in [0.1, 0.15) is 26.7 Å². The van der Waals surface area contributed by atoms with Gasteiger partial charge < -0.3 is 5.32 Å². The van der Waals surface area contributed by atoms with Crippen molar-refractivity contribution in [3.05, 3.63) is 34.7 Å². The van der Waals surface area contributed by atoms with Crippen LogP contribution in [-0.4, -0.2) is 21.6 Å². The molecule has 2 rings (SSSR count). The van der Waals surface area contributed by atoms with Crippen molar-refractivity contribution in [2.45, 2.75) is 39.8 Å². The Morgan fingerprint density at radius 2 is 1.70 bits per heavy atom. The summed E-state index contributed by atoms with van der Waals surface area (Å²) in [4.78, 5) is 24.0. The molecule has 108 valence electrons. The van der Waals surface area contributed by atoms with Crippen LogP contribution in [0.5, 0.6) is 0 Å². The molecule has 1 amide bonds. The number of para-hydroxylation sites is 2. The molecule has 1 aromatic carbocycles. The second-order valence-electron chi connectivity index (χ2n) is 4.78. The zero-order valence-electron chi connectivity index (χ0n) is 12.1. The summed E-state index contributed by atoms with van der Waals surface area (Å²) < 4.78 is 3.48. The van der Waals surface area contributed by atoms with Crippen molar-refractivity contribution in [2.75, 3.05) is 6.54 Å². The summed E-state index contributed by atoms with van der Waals surface area (Å²) in [6, 6.07) is 7.73. The fourth-order valence-corrected chi connectivity index (χ4v) is 2.43. The van der Waals surface area contributed by atoms with Crippen molar-refractivity contribution in [1.29, 1.82) is 0 Å². The lowest BCUT2D eigenvalue weighted by molar-refractivity contribution is -0.121. The maximum Gasteiger partial charge on any atom is 0.329 e. The van der Waals surface area contributed by atoms with E-state index in [2.05, 4.69) is 5.32 Å². The molecule has 2 aromatic rings. The van der Waals surface area contributed by atoms with E-state index in [-0.39, 0.29) is 11.6 Å². The highest BCUT2D eigenvalue weighted by Crippen LogP contribution is 2.13. The summed E-state index contributed by atoms with van der Waals surface area (Å²) >= 11 is 0. The summed E-state index contributed by atoms with van der Waals surface area (Å²) in [5.41, 5.74) is 1.81. The second-order valence-corrected chi connectivity index (χ2v) is 4.78. The van der Waals surface area contributed by atoms with Crippen molar-refractivity contribution in [3.8, 4) is 0 Å². The van der Waals surface area contributed by atoms with E-state index >= 15 is 0 Å². The maximum absolute atomic E-state index is 12.4. The first kappa shape index (κ1) is 14.4. The standard InChI is InChI=1S/C15H21N3O2/c1-3-10-17-12-7-5-6-8-13(12)18(15(17)20)11-9-14(19)16-4-2/h5-8H,3-4,9-11H2,1-2H3,(H,16,19). The van der Waals surface area contributed by atoms with Crippen LogP contribution < -0.4 is 11.0 Å². The first-order valence-corrected chi connectivity index (χ1v) is 7.13. The van der Waals surface area contributed by atoms with Crippen molar-refractivity contribution < 1.29 is 4.79 Å². The van der Waals surface area contributed by atoms with E-state index < -0.39 is 0 Å². The van der Waals surface area contributed by atoms with E-state index in [0.29, 0.717) is 26.1 Å². The number of hydrogen-bond donors (Lipinski definition) is 1. The van der Waals surface area contributed by atoms with Crippen LogP contribution in [0.4, 0.5) is 0 Å². The molecule has 5 nitrogen and oxygen atoms in total. The molecule has 0 aliphatic rings. The summed E-state index contributed by atoms with van der Waals surface area (Å²) in [7, 11) is 0. The number of fused-ring (bicyclic) bond motifs is 1. The van der Waals surface area contributed by atoms with Crippen LogP contribution in [0.25, 0.3) is 11.0 Å². The molecule has 1 heterocycles. The zero-order chi connectivity index (χ0) is 14.5. The van der Waals surface area contributed by atoms with Crippen molar-refractivity contribution >= 4 is 16.9 Å². The predicted octanol–water partition coefficient (Wildman–Crippen LogP) is 1.74. The highest BCUT2D eigenvalue weighted by atomic mass is 16.2. The van der Waals surface area contributed by atoms with Gasteiger partial charge in [0.2, 0.25) is 5.91 Å². The lowest BCUT2D eigenvalue weighted by Crippen LogP contribution is -2.28. The van der Waals surface area contributed by atoms with Gasteiger partial charge in [-0.05, 0) is 25.5 Å². The molecule has 0 aliphatic carbocycles. The molecule has 0 radical (unpaired) electrons. The Morgan fingerprint density at radius 1 is 1.10 bits per heavy atom. The molecule has 0 aliphatic heterocycles. The number of carbonyl (C=O) groups excluding carboxylic acids is 1. The largest absolute Gasteiger partial charge is 0.356 e. The minimum absolute atomic E-state index is 0.0216. The van der Waals surface area contributed by atoms with Gasteiger partial charge in [-0.15, -0.1) is 0 Å². The van der Waals surface area contributed by atoms with Gasteiger partial charge in [-0.2, -0.15) is 0 Å². The quantitative estimate of drug-likeness (QED) is 0.873. The fourth-order valence-electron chi connectivity index (χ4n) is 2.43. The zero-order valence-corrected chi connectivity index (χ0v) is 12.1. The first-order valence-electron chi connectivity index (χ1n) is 7.13. The Kier molecular flexibility index (Phi) is 4.61. The maximum atomic E-state index is 12.4. The molecule has 1 aromatic heterocycles. The number of nitrogens with zero attached hydrogens (tertiary/aromatic N) is 2. The third kappa shape index (κ3) is 2.76. The van der Waals surface area contributed by atoms with E-state index in [4.69, 9.17) is 0 Å². The van der Waals surface area contributed by atoms with Gasteiger partial charge in [-0.3, -0.25) is 13.9 Å². The van der Waals surface area contributed by atoms with Crippen LogP contribution in [0.15, 0.2) is 29.1 Å². The van der Waals surface area contributed by atoms with Crippen LogP contribution in [-0.2, 0) is 17.9 Å². The minimum atomic E-state index is -0.0302. The molecule has 0 atom stereocenters. The number of aromatic nitrogens is 2. The summed E-state index contributed by atoms with van der Waals surface area (Å²) in [5, 5.41) is 2.75. The van der Waals surface area contributed by atoms with E-state index in [9.17, 15) is 9.59 Å². The molecular formula is C15H21N3O2. The van der Waals surface area contributed by atoms with Crippen LogP contribution in [0.2, 0.25) is 0 Å². The van der Waals surface area contributed by atoms with Crippen molar-refractivity contribution in [2.24, 2.45) is 0 Å². The highest BCUT2D eigenvalue weighted by molar-refractivity contribution is 5.77. The highest BCUT2D eigenvalue weighted by Gasteiger charge is 2.12. The van der Waals surface area contributed by atoms with E-state index in [1.54, 1.807) is 9.13 Å². The van der Waals surface area contributed by atoms with Crippen LogP contribution in [0.3, 0.4) is 0 Å². The Hall–Kier alpha value is -2.04. The molecule has 0 spiro atoms.